The molecule has 2 saturated heterocycles. The second-order valence-corrected chi connectivity index (χ2v) is 9.22. The minimum absolute atomic E-state index is 0.338. The normalized spacial score (nSPS) is 37.4. The van der Waals surface area contributed by atoms with Gasteiger partial charge in [-0.1, -0.05) is 0 Å². The summed E-state index contributed by atoms with van der Waals surface area (Å²) in [5.41, 5.74) is 0. The Bertz CT molecular complexity index is 555. The molecule has 0 amide bonds. The standard InChI is InChI=1S/C12H25NO11P2/c1-13(2)12-11(15)10(14)8(22-12)7-21-25(16,17)24-26(18,19)23-9-5-3-4-6-20-9/h8-12,14-15H,3-7H2,1-2H3,(H,16,17)(H,18,19)/t8-,9-,10?,11?,12-/m1/s1. The molecule has 0 aliphatic carbocycles. The number of hydrogen-bond acceptors (Lipinski definition) is 10. The van der Waals surface area contributed by atoms with E-state index in [1.165, 1.54) is 4.90 Å². The summed E-state index contributed by atoms with van der Waals surface area (Å²) < 4.78 is 47.7. The van der Waals surface area contributed by atoms with Crippen LogP contribution in [-0.4, -0.2) is 83.0 Å². The van der Waals surface area contributed by atoms with Gasteiger partial charge in [0.05, 0.1) is 6.61 Å². The Labute approximate surface area is 150 Å². The van der Waals surface area contributed by atoms with Crippen LogP contribution in [0.5, 0.6) is 0 Å². The summed E-state index contributed by atoms with van der Waals surface area (Å²) in [6.45, 7) is -0.319. The number of hydrogen-bond donors (Lipinski definition) is 4. The van der Waals surface area contributed by atoms with Gasteiger partial charge in [0.15, 0.2) is 6.29 Å². The van der Waals surface area contributed by atoms with Crippen LogP contribution in [0.15, 0.2) is 0 Å². The molecule has 2 rings (SSSR count). The number of rotatable bonds is 8. The van der Waals surface area contributed by atoms with Crippen LogP contribution in [0.25, 0.3) is 0 Å². The van der Waals surface area contributed by atoms with E-state index in [0.29, 0.717) is 19.4 Å². The van der Waals surface area contributed by atoms with Crippen molar-refractivity contribution >= 4 is 15.6 Å². The fourth-order valence-corrected chi connectivity index (χ4v) is 4.76. The van der Waals surface area contributed by atoms with Gasteiger partial charge in [0.2, 0.25) is 0 Å². The SMILES string of the molecule is CN(C)[C@@H]1O[C@H](COP(=O)(O)OP(=O)(O)O[C@@H]2CCCCO2)C(O)C1O. The zero-order chi connectivity index (χ0) is 19.5. The number of ether oxygens (including phenoxy) is 2. The van der Waals surface area contributed by atoms with E-state index in [-0.39, 0.29) is 0 Å². The smallest absolute Gasteiger partial charge is 0.387 e. The van der Waals surface area contributed by atoms with Crippen molar-refractivity contribution in [3.8, 4) is 0 Å². The molecule has 0 aromatic heterocycles. The molecule has 14 heteroatoms. The lowest BCUT2D eigenvalue weighted by Gasteiger charge is -2.25. The minimum atomic E-state index is -5.00. The molecule has 2 fully saturated rings. The highest BCUT2D eigenvalue weighted by molar-refractivity contribution is 7.61. The molecule has 0 aromatic rings. The van der Waals surface area contributed by atoms with Crippen LogP contribution < -0.4 is 0 Å². The Morgan fingerprint density at radius 2 is 1.81 bits per heavy atom. The first kappa shape index (κ1) is 22.4. The number of aliphatic hydroxyl groups excluding tert-OH is 2. The second-order valence-electron chi connectivity index (χ2n) is 6.23. The zero-order valence-corrected chi connectivity index (χ0v) is 16.2. The Hall–Kier alpha value is 0.0600. The van der Waals surface area contributed by atoms with Gasteiger partial charge >= 0.3 is 15.6 Å². The molecule has 4 unspecified atom stereocenters. The maximum Gasteiger partial charge on any atom is 0.483 e. The van der Waals surface area contributed by atoms with E-state index in [9.17, 15) is 29.1 Å². The first-order chi connectivity index (χ1) is 12.0. The van der Waals surface area contributed by atoms with Crippen molar-refractivity contribution in [2.75, 3.05) is 27.3 Å². The highest BCUT2D eigenvalue weighted by Crippen LogP contribution is 2.61. The van der Waals surface area contributed by atoms with E-state index >= 15 is 0 Å². The van der Waals surface area contributed by atoms with Gasteiger partial charge in [-0.15, -0.1) is 0 Å². The van der Waals surface area contributed by atoms with Gasteiger partial charge in [-0.05, 0) is 33.4 Å². The van der Waals surface area contributed by atoms with E-state index in [4.69, 9.17) is 14.0 Å². The summed E-state index contributed by atoms with van der Waals surface area (Å²) in [5.74, 6) is 0. The molecule has 2 aliphatic heterocycles. The molecule has 0 bridgehead atoms. The maximum atomic E-state index is 11.9. The van der Waals surface area contributed by atoms with Crippen LogP contribution in [0.1, 0.15) is 19.3 Å². The van der Waals surface area contributed by atoms with E-state index in [2.05, 4.69) is 8.83 Å². The van der Waals surface area contributed by atoms with Gasteiger partial charge in [-0.2, -0.15) is 4.31 Å². The van der Waals surface area contributed by atoms with Crippen molar-refractivity contribution in [3.05, 3.63) is 0 Å². The monoisotopic (exact) mass is 421 g/mol. The molecule has 2 aliphatic rings. The predicted octanol–water partition coefficient (Wildman–Crippen LogP) is -0.228. The Balaban J connectivity index is 1.86. The largest absolute Gasteiger partial charge is 0.483 e. The second kappa shape index (κ2) is 9.04. The molecule has 154 valence electrons. The fraction of sp³-hybridized carbons (Fsp3) is 1.00. The molecule has 4 N–H and O–H groups in total. The molecule has 0 radical (unpaired) electrons. The third-order valence-corrected chi connectivity index (χ3v) is 6.47. The highest BCUT2D eigenvalue weighted by atomic mass is 31.3. The van der Waals surface area contributed by atoms with Crippen molar-refractivity contribution in [2.45, 2.75) is 50.1 Å². The van der Waals surface area contributed by atoms with Gasteiger partial charge in [-0.3, -0.25) is 13.9 Å². The van der Waals surface area contributed by atoms with Crippen LogP contribution >= 0.6 is 15.6 Å². The molecule has 0 aromatic carbocycles. The van der Waals surface area contributed by atoms with E-state index in [1.807, 2.05) is 0 Å². The number of aliphatic hydroxyl groups is 2. The summed E-state index contributed by atoms with van der Waals surface area (Å²) in [4.78, 5) is 20.7. The number of phosphoric ester groups is 2. The van der Waals surface area contributed by atoms with Crippen LogP contribution in [0.3, 0.4) is 0 Å². The molecular formula is C12H25NO11P2. The number of likely N-dealkylation sites (N-methyl/N-ethyl adjacent to an activating group) is 1. The summed E-state index contributed by atoms with van der Waals surface area (Å²) in [6, 6.07) is 0. The Kier molecular flexibility index (Phi) is 7.77. The van der Waals surface area contributed by atoms with Crippen molar-refractivity contribution < 1.29 is 52.0 Å². The average Bonchev–Trinajstić information content (AvgIpc) is 2.80. The zero-order valence-electron chi connectivity index (χ0n) is 14.4. The van der Waals surface area contributed by atoms with Gasteiger partial charge in [-0.25, -0.2) is 9.13 Å². The van der Waals surface area contributed by atoms with Crippen molar-refractivity contribution in [1.29, 1.82) is 0 Å². The first-order valence-electron chi connectivity index (χ1n) is 8.00. The Morgan fingerprint density at radius 3 is 2.35 bits per heavy atom. The van der Waals surface area contributed by atoms with E-state index in [1.54, 1.807) is 14.1 Å². The molecule has 26 heavy (non-hydrogen) atoms. The van der Waals surface area contributed by atoms with Crippen LogP contribution in [-0.2, 0) is 32.0 Å². The molecule has 12 nitrogen and oxygen atoms in total. The summed E-state index contributed by atoms with van der Waals surface area (Å²) in [6.07, 6.45) is -3.79. The highest BCUT2D eigenvalue weighted by Gasteiger charge is 2.45. The van der Waals surface area contributed by atoms with E-state index < -0.39 is 53.1 Å². The molecule has 7 atom stereocenters. The minimum Gasteiger partial charge on any atom is -0.387 e. The van der Waals surface area contributed by atoms with Crippen molar-refractivity contribution in [3.63, 3.8) is 0 Å². The first-order valence-corrected chi connectivity index (χ1v) is 11.0. The van der Waals surface area contributed by atoms with Crippen LogP contribution in [0, 0.1) is 0 Å². The van der Waals surface area contributed by atoms with Gasteiger partial charge < -0.3 is 29.5 Å². The fourth-order valence-electron chi connectivity index (χ4n) is 2.58. The lowest BCUT2D eigenvalue weighted by molar-refractivity contribution is -0.116. The van der Waals surface area contributed by atoms with Crippen molar-refractivity contribution in [1.82, 2.24) is 4.90 Å². The topological polar surface area (TPSA) is 164 Å². The van der Waals surface area contributed by atoms with Gasteiger partial charge in [0, 0.05) is 6.61 Å². The molecule has 0 spiro atoms. The predicted molar refractivity (Wildman–Crippen MR) is 85.7 cm³/mol. The third kappa shape index (κ3) is 6.30. The lowest BCUT2D eigenvalue weighted by Crippen LogP contribution is -2.40. The van der Waals surface area contributed by atoms with E-state index in [0.717, 1.165) is 6.42 Å². The van der Waals surface area contributed by atoms with Gasteiger partial charge in [0.1, 0.15) is 24.5 Å². The maximum absolute atomic E-state index is 11.9. The third-order valence-electron chi connectivity index (χ3n) is 3.84. The Morgan fingerprint density at radius 1 is 1.12 bits per heavy atom. The van der Waals surface area contributed by atoms with Gasteiger partial charge in [0.25, 0.3) is 0 Å². The quantitative estimate of drug-likeness (QED) is 0.381. The molecular weight excluding hydrogens is 396 g/mol. The van der Waals surface area contributed by atoms with Crippen LogP contribution in [0.2, 0.25) is 0 Å². The van der Waals surface area contributed by atoms with Crippen LogP contribution in [0.4, 0.5) is 0 Å². The molecule has 0 saturated carbocycles. The lowest BCUT2D eigenvalue weighted by atomic mass is 10.1. The summed E-state index contributed by atoms with van der Waals surface area (Å²) in [7, 11) is -6.71. The average molecular weight is 421 g/mol. The summed E-state index contributed by atoms with van der Waals surface area (Å²) >= 11 is 0. The molecule has 2 heterocycles. The number of nitrogens with zero attached hydrogens (tertiary/aromatic N) is 1. The van der Waals surface area contributed by atoms with Crippen molar-refractivity contribution in [2.24, 2.45) is 0 Å². The summed E-state index contributed by atoms with van der Waals surface area (Å²) in [5, 5.41) is 19.7. The number of phosphoric acid groups is 2.